The summed E-state index contributed by atoms with van der Waals surface area (Å²) in [5, 5.41) is 10.1. The Hall–Kier alpha value is -0.960. The number of halogens is 2. The molecule has 0 spiro atoms. The molecular formula is C11H12F2O. The number of rotatable bonds is 1. The lowest BCUT2D eigenvalue weighted by Gasteiger charge is -2.22. The van der Waals surface area contributed by atoms with Crippen molar-refractivity contribution in [2.45, 2.75) is 31.3 Å². The lowest BCUT2D eigenvalue weighted by atomic mass is 9.92. The van der Waals surface area contributed by atoms with Gasteiger partial charge in [-0.1, -0.05) is 18.9 Å². The highest BCUT2D eigenvalue weighted by Crippen LogP contribution is 2.39. The van der Waals surface area contributed by atoms with E-state index in [1.807, 2.05) is 0 Å². The molecule has 1 aliphatic rings. The molecule has 1 fully saturated rings. The number of hydrogen-bond acceptors (Lipinski definition) is 1. The minimum Gasteiger partial charge on any atom is -0.385 e. The van der Waals surface area contributed by atoms with Gasteiger partial charge in [-0.05, 0) is 18.9 Å². The summed E-state index contributed by atoms with van der Waals surface area (Å²) in [4.78, 5) is 0. The molecule has 2 rings (SSSR count). The average molecular weight is 198 g/mol. The Morgan fingerprint density at radius 1 is 1.14 bits per heavy atom. The van der Waals surface area contributed by atoms with E-state index in [2.05, 4.69) is 0 Å². The topological polar surface area (TPSA) is 20.2 Å². The van der Waals surface area contributed by atoms with Gasteiger partial charge in [-0.2, -0.15) is 0 Å². The van der Waals surface area contributed by atoms with Crippen molar-refractivity contribution < 1.29 is 13.9 Å². The molecule has 1 saturated carbocycles. The molecular weight excluding hydrogens is 186 g/mol. The minimum atomic E-state index is -1.07. The second-order valence-electron chi connectivity index (χ2n) is 3.86. The van der Waals surface area contributed by atoms with Crippen LogP contribution in [0.4, 0.5) is 8.78 Å². The van der Waals surface area contributed by atoms with Gasteiger partial charge >= 0.3 is 0 Å². The first kappa shape index (κ1) is 9.59. The fraction of sp³-hybridized carbons (Fsp3) is 0.455. The third kappa shape index (κ3) is 1.52. The summed E-state index contributed by atoms with van der Waals surface area (Å²) in [5.41, 5.74) is -0.839. The van der Waals surface area contributed by atoms with E-state index in [0.717, 1.165) is 18.9 Å². The standard InChI is InChI=1S/C11H12F2O/c12-8-3-4-9(10(13)7-8)11(14)5-1-2-6-11/h3-4,7,14H,1-2,5-6H2. The highest BCUT2D eigenvalue weighted by molar-refractivity contribution is 5.25. The van der Waals surface area contributed by atoms with Crippen LogP contribution >= 0.6 is 0 Å². The highest BCUT2D eigenvalue weighted by atomic mass is 19.1. The zero-order chi connectivity index (χ0) is 10.2. The van der Waals surface area contributed by atoms with Crippen molar-refractivity contribution >= 4 is 0 Å². The van der Waals surface area contributed by atoms with Gasteiger partial charge in [0.25, 0.3) is 0 Å². The van der Waals surface area contributed by atoms with Gasteiger partial charge in [-0.25, -0.2) is 8.78 Å². The molecule has 0 aromatic heterocycles. The maximum atomic E-state index is 13.3. The quantitative estimate of drug-likeness (QED) is 0.735. The summed E-state index contributed by atoms with van der Waals surface area (Å²) in [6.45, 7) is 0. The average Bonchev–Trinajstić information content (AvgIpc) is 2.52. The predicted octanol–water partition coefficient (Wildman–Crippen LogP) is 2.73. The molecule has 3 heteroatoms. The van der Waals surface area contributed by atoms with Crippen molar-refractivity contribution in [1.29, 1.82) is 0 Å². The molecule has 76 valence electrons. The van der Waals surface area contributed by atoms with Crippen molar-refractivity contribution in [3.05, 3.63) is 35.4 Å². The Bertz CT molecular complexity index is 343. The van der Waals surface area contributed by atoms with E-state index in [4.69, 9.17) is 0 Å². The van der Waals surface area contributed by atoms with Gasteiger partial charge < -0.3 is 5.11 Å². The van der Waals surface area contributed by atoms with Crippen LogP contribution in [0.3, 0.4) is 0 Å². The number of hydrogen-bond donors (Lipinski definition) is 1. The Morgan fingerprint density at radius 2 is 1.79 bits per heavy atom. The van der Waals surface area contributed by atoms with E-state index in [-0.39, 0.29) is 5.56 Å². The molecule has 0 radical (unpaired) electrons. The molecule has 1 aliphatic carbocycles. The molecule has 0 heterocycles. The van der Waals surface area contributed by atoms with E-state index < -0.39 is 17.2 Å². The van der Waals surface area contributed by atoms with Crippen LogP contribution in [0.25, 0.3) is 0 Å². The van der Waals surface area contributed by atoms with E-state index in [1.54, 1.807) is 0 Å². The van der Waals surface area contributed by atoms with Gasteiger partial charge in [0.15, 0.2) is 0 Å². The van der Waals surface area contributed by atoms with Crippen molar-refractivity contribution in [3.63, 3.8) is 0 Å². The van der Waals surface area contributed by atoms with Gasteiger partial charge in [0.1, 0.15) is 11.6 Å². The van der Waals surface area contributed by atoms with Crippen LogP contribution in [0, 0.1) is 11.6 Å². The van der Waals surface area contributed by atoms with Crippen molar-refractivity contribution in [1.82, 2.24) is 0 Å². The molecule has 1 aromatic carbocycles. The van der Waals surface area contributed by atoms with Crippen LogP contribution < -0.4 is 0 Å². The van der Waals surface area contributed by atoms with Crippen molar-refractivity contribution in [2.24, 2.45) is 0 Å². The van der Waals surface area contributed by atoms with Crippen LogP contribution in [0.15, 0.2) is 18.2 Å². The summed E-state index contributed by atoms with van der Waals surface area (Å²) in [7, 11) is 0. The molecule has 0 atom stereocenters. The van der Waals surface area contributed by atoms with Gasteiger partial charge in [-0.15, -0.1) is 0 Å². The second kappa shape index (κ2) is 3.31. The Labute approximate surface area is 81.4 Å². The largest absolute Gasteiger partial charge is 0.385 e. The van der Waals surface area contributed by atoms with Crippen LogP contribution in [-0.2, 0) is 5.60 Å². The zero-order valence-corrected chi connectivity index (χ0v) is 7.76. The first-order chi connectivity index (χ1) is 6.62. The first-order valence-corrected chi connectivity index (χ1v) is 4.80. The molecule has 0 amide bonds. The second-order valence-corrected chi connectivity index (χ2v) is 3.86. The van der Waals surface area contributed by atoms with Gasteiger partial charge in [0.05, 0.1) is 5.60 Å². The highest BCUT2D eigenvalue weighted by Gasteiger charge is 2.35. The summed E-state index contributed by atoms with van der Waals surface area (Å²) in [6, 6.07) is 3.36. The van der Waals surface area contributed by atoms with Crippen molar-refractivity contribution in [2.75, 3.05) is 0 Å². The minimum absolute atomic E-state index is 0.233. The van der Waals surface area contributed by atoms with Gasteiger partial charge in [-0.3, -0.25) is 0 Å². The maximum absolute atomic E-state index is 13.3. The van der Waals surface area contributed by atoms with E-state index in [1.165, 1.54) is 12.1 Å². The smallest absolute Gasteiger partial charge is 0.132 e. The lowest BCUT2D eigenvalue weighted by Crippen LogP contribution is -2.22. The van der Waals surface area contributed by atoms with Crippen LogP contribution in [0.1, 0.15) is 31.2 Å². The van der Waals surface area contributed by atoms with Gasteiger partial charge in [0.2, 0.25) is 0 Å². The molecule has 14 heavy (non-hydrogen) atoms. The van der Waals surface area contributed by atoms with Gasteiger partial charge in [0, 0.05) is 11.6 Å². The summed E-state index contributed by atoms with van der Waals surface area (Å²) < 4.78 is 26.0. The third-order valence-electron chi connectivity index (χ3n) is 2.86. The van der Waals surface area contributed by atoms with Crippen molar-refractivity contribution in [3.8, 4) is 0 Å². The maximum Gasteiger partial charge on any atom is 0.132 e. The fourth-order valence-corrected chi connectivity index (χ4v) is 2.10. The molecule has 1 nitrogen and oxygen atoms in total. The molecule has 0 aliphatic heterocycles. The molecule has 0 unspecified atom stereocenters. The summed E-state index contributed by atoms with van der Waals surface area (Å²) in [6.07, 6.45) is 2.92. The Morgan fingerprint density at radius 3 is 2.36 bits per heavy atom. The predicted molar refractivity (Wildman–Crippen MR) is 48.7 cm³/mol. The van der Waals surface area contributed by atoms with Crippen LogP contribution in [0.5, 0.6) is 0 Å². The SMILES string of the molecule is OC1(c2ccc(F)cc2F)CCCC1. The lowest BCUT2D eigenvalue weighted by molar-refractivity contribution is 0.0407. The van der Waals surface area contributed by atoms with E-state index >= 15 is 0 Å². The van der Waals surface area contributed by atoms with Crippen LogP contribution in [0.2, 0.25) is 0 Å². The Balaban J connectivity index is 2.40. The van der Waals surface area contributed by atoms with E-state index in [0.29, 0.717) is 12.8 Å². The zero-order valence-electron chi connectivity index (χ0n) is 7.76. The van der Waals surface area contributed by atoms with E-state index in [9.17, 15) is 13.9 Å². The number of benzene rings is 1. The fourth-order valence-electron chi connectivity index (χ4n) is 2.10. The number of aliphatic hydroxyl groups is 1. The molecule has 1 N–H and O–H groups in total. The Kier molecular flexibility index (Phi) is 2.27. The normalized spacial score (nSPS) is 19.9. The summed E-state index contributed by atoms with van der Waals surface area (Å²) >= 11 is 0. The third-order valence-corrected chi connectivity index (χ3v) is 2.86. The first-order valence-electron chi connectivity index (χ1n) is 4.80. The summed E-state index contributed by atoms with van der Waals surface area (Å²) in [5.74, 6) is -1.25. The molecule has 0 bridgehead atoms. The monoisotopic (exact) mass is 198 g/mol. The van der Waals surface area contributed by atoms with Crippen LogP contribution in [-0.4, -0.2) is 5.11 Å². The molecule has 0 saturated heterocycles. The molecule has 1 aromatic rings.